The number of hydrogen-bond acceptors (Lipinski definition) is 5. The lowest BCUT2D eigenvalue weighted by Crippen LogP contribution is -2.40. The van der Waals surface area contributed by atoms with Crippen LogP contribution in [-0.2, 0) is 19.1 Å². The number of ether oxygens (including phenoxy) is 1. The van der Waals surface area contributed by atoms with Gasteiger partial charge in [-0.2, -0.15) is 0 Å². The zero-order chi connectivity index (χ0) is 19.5. The summed E-state index contributed by atoms with van der Waals surface area (Å²) in [4.78, 5) is 48.3. The number of rotatable bonds is 6. The number of amides is 4. The maximum Gasteiger partial charge on any atom is 0.325 e. The van der Waals surface area contributed by atoms with E-state index in [0.29, 0.717) is 5.69 Å². The maximum atomic E-state index is 12.0. The third-order valence-electron chi connectivity index (χ3n) is 3.85. The number of aryl methyl sites for hydroxylation is 2. The molecule has 26 heavy (non-hydrogen) atoms. The number of urea groups is 1. The van der Waals surface area contributed by atoms with Crippen LogP contribution in [0, 0.1) is 13.8 Å². The van der Waals surface area contributed by atoms with E-state index in [2.05, 4.69) is 10.6 Å². The summed E-state index contributed by atoms with van der Waals surface area (Å²) in [6.45, 7) is 6.48. The van der Waals surface area contributed by atoms with Crippen molar-refractivity contribution in [3.05, 3.63) is 29.3 Å². The van der Waals surface area contributed by atoms with Crippen LogP contribution in [0.15, 0.2) is 18.2 Å². The van der Waals surface area contributed by atoms with E-state index >= 15 is 0 Å². The number of hydrogen-bond donors (Lipinski definition) is 2. The van der Waals surface area contributed by atoms with Gasteiger partial charge in [0.2, 0.25) is 0 Å². The minimum atomic E-state index is -0.979. The van der Waals surface area contributed by atoms with Crippen molar-refractivity contribution < 1.29 is 23.9 Å². The number of benzene rings is 1. The highest BCUT2D eigenvalue weighted by Gasteiger charge is 2.44. The summed E-state index contributed by atoms with van der Waals surface area (Å²) in [6.07, 6.45) is -0.175. The van der Waals surface area contributed by atoms with Gasteiger partial charge in [-0.05, 0) is 51.0 Å². The van der Waals surface area contributed by atoms with Crippen molar-refractivity contribution in [2.45, 2.75) is 39.7 Å². The summed E-state index contributed by atoms with van der Waals surface area (Å²) < 4.78 is 4.90. The number of imide groups is 1. The van der Waals surface area contributed by atoms with E-state index in [9.17, 15) is 19.2 Å². The molecule has 0 aliphatic carbocycles. The molecular formula is C18H23N3O5. The molecule has 0 spiro atoms. The van der Waals surface area contributed by atoms with Gasteiger partial charge in [0.25, 0.3) is 11.8 Å². The molecule has 1 aliphatic heterocycles. The van der Waals surface area contributed by atoms with E-state index < -0.39 is 36.0 Å². The summed E-state index contributed by atoms with van der Waals surface area (Å²) in [5, 5.41) is 5.18. The Hall–Kier alpha value is -2.90. The first-order valence-electron chi connectivity index (χ1n) is 8.26. The van der Waals surface area contributed by atoms with Crippen LogP contribution >= 0.6 is 0 Å². The second-order valence-electron chi connectivity index (χ2n) is 6.85. The standard InChI is InChI=1S/C18H23N3O5/c1-11-7-12(2)9-13(8-11)19-14(22)10-26-15(23)5-6-21-16(24)18(3,4)20-17(21)25/h7-9H,5-6,10H2,1-4H3,(H,19,22)(H,20,25). The highest BCUT2D eigenvalue weighted by Crippen LogP contribution is 2.17. The molecular weight excluding hydrogens is 338 g/mol. The summed E-state index contributed by atoms with van der Waals surface area (Å²) in [6, 6.07) is 5.06. The van der Waals surface area contributed by atoms with Crippen molar-refractivity contribution in [1.29, 1.82) is 0 Å². The van der Waals surface area contributed by atoms with E-state index in [1.807, 2.05) is 32.0 Å². The number of esters is 1. The zero-order valence-electron chi connectivity index (χ0n) is 15.3. The van der Waals surface area contributed by atoms with Crippen molar-refractivity contribution in [2.75, 3.05) is 18.5 Å². The fourth-order valence-corrected chi connectivity index (χ4v) is 2.69. The Morgan fingerprint density at radius 1 is 1.15 bits per heavy atom. The Morgan fingerprint density at radius 3 is 2.31 bits per heavy atom. The minimum absolute atomic E-state index is 0.0916. The van der Waals surface area contributed by atoms with Crippen LogP contribution in [0.5, 0.6) is 0 Å². The van der Waals surface area contributed by atoms with Gasteiger partial charge in [0.15, 0.2) is 6.61 Å². The number of anilines is 1. The van der Waals surface area contributed by atoms with Crippen molar-refractivity contribution in [1.82, 2.24) is 10.2 Å². The molecule has 8 nitrogen and oxygen atoms in total. The lowest BCUT2D eigenvalue weighted by molar-refractivity contribution is -0.147. The molecule has 0 radical (unpaired) electrons. The smallest absolute Gasteiger partial charge is 0.325 e. The van der Waals surface area contributed by atoms with Gasteiger partial charge in [-0.3, -0.25) is 19.3 Å². The third kappa shape index (κ3) is 4.81. The van der Waals surface area contributed by atoms with Crippen LogP contribution in [0.25, 0.3) is 0 Å². The predicted molar refractivity (Wildman–Crippen MR) is 94.4 cm³/mol. The molecule has 0 atom stereocenters. The molecule has 1 heterocycles. The van der Waals surface area contributed by atoms with Gasteiger partial charge in [-0.15, -0.1) is 0 Å². The van der Waals surface area contributed by atoms with Gasteiger partial charge in [0.1, 0.15) is 5.54 Å². The molecule has 140 valence electrons. The van der Waals surface area contributed by atoms with E-state index in [0.717, 1.165) is 16.0 Å². The van der Waals surface area contributed by atoms with Gasteiger partial charge in [0.05, 0.1) is 6.42 Å². The molecule has 1 aromatic rings. The Kier molecular flexibility index (Phi) is 5.64. The largest absolute Gasteiger partial charge is 0.456 e. The molecule has 1 saturated heterocycles. The molecule has 0 saturated carbocycles. The fraction of sp³-hybridized carbons (Fsp3) is 0.444. The molecule has 2 rings (SSSR count). The van der Waals surface area contributed by atoms with E-state index in [4.69, 9.17) is 4.74 Å². The van der Waals surface area contributed by atoms with Crippen LogP contribution in [0.2, 0.25) is 0 Å². The Balaban J connectivity index is 1.77. The Morgan fingerprint density at radius 2 is 1.77 bits per heavy atom. The van der Waals surface area contributed by atoms with Crippen LogP contribution in [0.4, 0.5) is 10.5 Å². The van der Waals surface area contributed by atoms with E-state index in [-0.39, 0.29) is 13.0 Å². The third-order valence-corrected chi connectivity index (χ3v) is 3.85. The topological polar surface area (TPSA) is 105 Å². The number of nitrogens with one attached hydrogen (secondary N) is 2. The van der Waals surface area contributed by atoms with Gasteiger partial charge in [-0.1, -0.05) is 6.07 Å². The molecule has 0 unspecified atom stereocenters. The fourth-order valence-electron chi connectivity index (χ4n) is 2.69. The molecule has 0 bridgehead atoms. The second kappa shape index (κ2) is 7.55. The number of carbonyl (C=O) groups excluding carboxylic acids is 4. The van der Waals surface area contributed by atoms with Crippen molar-refractivity contribution in [3.8, 4) is 0 Å². The number of carbonyl (C=O) groups is 4. The summed E-state index contributed by atoms with van der Waals surface area (Å²) in [5.41, 5.74) is 1.67. The van der Waals surface area contributed by atoms with E-state index in [1.165, 1.54) is 0 Å². The molecule has 4 amide bonds. The van der Waals surface area contributed by atoms with Crippen LogP contribution in [-0.4, -0.2) is 47.4 Å². The monoisotopic (exact) mass is 361 g/mol. The Bertz CT molecular complexity index is 737. The highest BCUT2D eigenvalue weighted by atomic mass is 16.5. The van der Waals surface area contributed by atoms with E-state index in [1.54, 1.807) is 13.8 Å². The molecule has 1 fully saturated rings. The summed E-state index contributed by atoms with van der Waals surface area (Å²) in [7, 11) is 0. The van der Waals surface area contributed by atoms with Crippen LogP contribution < -0.4 is 10.6 Å². The summed E-state index contributed by atoms with van der Waals surface area (Å²) >= 11 is 0. The normalized spacial score (nSPS) is 15.6. The van der Waals surface area contributed by atoms with Gasteiger partial charge in [-0.25, -0.2) is 4.79 Å². The van der Waals surface area contributed by atoms with Crippen LogP contribution in [0.3, 0.4) is 0 Å². The number of nitrogens with zero attached hydrogens (tertiary/aromatic N) is 1. The molecule has 2 N–H and O–H groups in total. The maximum absolute atomic E-state index is 12.0. The highest BCUT2D eigenvalue weighted by molar-refractivity contribution is 6.06. The predicted octanol–water partition coefficient (Wildman–Crippen LogP) is 1.51. The first-order chi connectivity index (χ1) is 12.1. The van der Waals surface area contributed by atoms with Crippen molar-refractivity contribution in [2.24, 2.45) is 0 Å². The van der Waals surface area contributed by atoms with Crippen LogP contribution in [0.1, 0.15) is 31.4 Å². The first-order valence-corrected chi connectivity index (χ1v) is 8.26. The van der Waals surface area contributed by atoms with Gasteiger partial charge < -0.3 is 15.4 Å². The first kappa shape index (κ1) is 19.4. The molecule has 0 aromatic heterocycles. The minimum Gasteiger partial charge on any atom is -0.456 e. The lowest BCUT2D eigenvalue weighted by Gasteiger charge is -2.15. The lowest BCUT2D eigenvalue weighted by atomic mass is 10.1. The average Bonchev–Trinajstić information content (AvgIpc) is 2.70. The molecule has 1 aliphatic rings. The molecule has 8 heteroatoms. The average molecular weight is 361 g/mol. The van der Waals surface area contributed by atoms with Gasteiger partial charge in [0, 0.05) is 12.2 Å². The Labute approximate surface area is 151 Å². The summed E-state index contributed by atoms with van der Waals surface area (Å²) in [5.74, 6) is -1.52. The zero-order valence-corrected chi connectivity index (χ0v) is 15.3. The van der Waals surface area contributed by atoms with Crippen molar-refractivity contribution in [3.63, 3.8) is 0 Å². The SMILES string of the molecule is Cc1cc(C)cc(NC(=O)COC(=O)CCN2C(=O)NC(C)(C)C2=O)c1. The van der Waals surface area contributed by atoms with Crippen molar-refractivity contribution >= 4 is 29.5 Å². The second-order valence-corrected chi connectivity index (χ2v) is 6.85. The quantitative estimate of drug-likeness (QED) is 0.590. The molecule has 1 aromatic carbocycles. The van der Waals surface area contributed by atoms with Gasteiger partial charge >= 0.3 is 12.0 Å².